The van der Waals surface area contributed by atoms with Crippen molar-refractivity contribution >= 4 is 71.1 Å². The monoisotopic (exact) mass is 1530 g/mol. The van der Waals surface area contributed by atoms with Gasteiger partial charge in [0.2, 0.25) is 59.1 Å². The van der Waals surface area contributed by atoms with Gasteiger partial charge in [0.1, 0.15) is 73.6 Å². The highest BCUT2D eigenvalue weighted by atomic mass is 16.5. The van der Waals surface area contributed by atoms with Gasteiger partial charge in [0, 0.05) is 54.6 Å². The quantitative estimate of drug-likeness (QED) is 0.0218. The molecule has 0 aromatic heterocycles. The number of allylic oxidation sites excluding steroid dienone is 2. The summed E-state index contributed by atoms with van der Waals surface area (Å²) in [7, 11) is 8.25. The topological polar surface area (TPSA) is 343 Å². The van der Waals surface area contributed by atoms with Crippen molar-refractivity contribution in [2.45, 2.75) is 241 Å². The molecule has 11 amide bonds. The summed E-state index contributed by atoms with van der Waals surface area (Å²) in [6.07, 6.45) is 1.42. The molecule has 1 aliphatic carbocycles. The number of nitrogens with one attached hydrogen (secondary N) is 5. The Morgan fingerprint density at radius 1 is 0.509 bits per heavy atom. The Balaban J connectivity index is 1.53. The summed E-state index contributed by atoms with van der Waals surface area (Å²) in [5.74, 6) is -10.5. The van der Waals surface area contributed by atoms with Gasteiger partial charge in [0.05, 0.1) is 18.2 Å². The van der Waals surface area contributed by atoms with E-state index < -0.39 is 168 Å². The van der Waals surface area contributed by atoms with Crippen molar-refractivity contribution < 1.29 is 77.2 Å². The predicted molar refractivity (Wildman–Crippen MR) is 422 cm³/mol. The highest BCUT2D eigenvalue weighted by Gasteiger charge is 2.46. The van der Waals surface area contributed by atoms with E-state index in [0.29, 0.717) is 0 Å². The van der Waals surface area contributed by atoms with Crippen molar-refractivity contribution in [3.8, 4) is 11.1 Å². The number of ether oxygens (including phenoxy) is 2. The Labute approximate surface area is 652 Å². The Hall–Kier alpha value is -9.24. The highest BCUT2D eigenvalue weighted by Crippen LogP contribution is 2.44. The van der Waals surface area contributed by atoms with Crippen LogP contribution in [0.3, 0.4) is 0 Å². The maximum Gasteiger partial charge on any atom is 0.407 e. The van der Waals surface area contributed by atoms with Gasteiger partial charge in [-0.05, 0) is 130 Å². The van der Waals surface area contributed by atoms with Crippen LogP contribution in [-0.4, -0.2) is 238 Å². The molecule has 0 heterocycles. The van der Waals surface area contributed by atoms with E-state index in [4.69, 9.17) is 9.47 Å². The van der Waals surface area contributed by atoms with Crippen LogP contribution >= 0.6 is 0 Å². The number of aliphatic hydroxyl groups is 2. The molecule has 3 aromatic rings. The molecule has 0 fully saturated rings. The van der Waals surface area contributed by atoms with E-state index >= 15 is 14.4 Å². The van der Waals surface area contributed by atoms with Crippen molar-refractivity contribution in [2.75, 3.05) is 55.4 Å². The smallest absolute Gasteiger partial charge is 0.407 e. The number of carbonyl (C=O) groups excluding carboxylic acids is 12. The van der Waals surface area contributed by atoms with E-state index in [1.807, 2.05) is 108 Å². The third-order valence-electron chi connectivity index (χ3n) is 20.1. The van der Waals surface area contributed by atoms with Crippen LogP contribution < -0.4 is 26.6 Å². The fourth-order valence-electron chi connectivity index (χ4n) is 13.8. The third kappa shape index (κ3) is 26.2. The number of esters is 1. The van der Waals surface area contributed by atoms with Crippen molar-refractivity contribution in [3.63, 3.8) is 0 Å². The minimum absolute atomic E-state index is 0.00622. The Kier molecular flexibility index (Phi) is 36.2. The SMILES string of the molecule is C/C=C/C[C@@H](C)[C@@H](O)[C@@H](C(=O)N[C@@H](CC)C(=O)N(C)CC(=O)N[C@@H](CC(C)C)C(=O)N[C@H](C(=O)N(C)[C@@H](CC(C)C)C(=O)N[C@@H](C)C(=O)OCc1ccccc1)C(C)C)N(C)C(=O)[C@H](C(C)C)N(C)C(=O)[C@H](CC(C)C)N(C)C(=O)[C@H](CC(C)(C)O)N(C)C(=O)[C@@H](C)NC(=O)OCC1c2ccccc2-c2ccccc21. The molecule has 0 unspecified atom stereocenters. The molecule has 0 bridgehead atoms. The molecule has 0 saturated heterocycles. The van der Waals surface area contributed by atoms with E-state index in [2.05, 4.69) is 26.6 Å². The second-order valence-corrected chi connectivity index (χ2v) is 32.1. The summed E-state index contributed by atoms with van der Waals surface area (Å²) in [5, 5.41) is 37.1. The molecule has 0 aliphatic heterocycles. The fraction of sp³-hybridized carbons (Fsp3) is 0.614. The van der Waals surface area contributed by atoms with Gasteiger partial charge in [0.15, 0.2) is 0 Å². The van der Waals surface area contributed by atoms with Crippen LogP contribution in [-0.2, 0) is 68.8 Å². The number of benzene rings is 3. The zero-order valence-electron chi connectivity index (χ0n) is 69.2. The lowest BCUT2D eigenvalue weighted by Crippen LogP contribution is -2.63. The van der Waals surface area contributed by atoms with Gasteiger partial charge in [-0.1, -0.05) is 174 Å². The standard InChI is InChI=1S/C83H127N11O16/c1-24-26-34-53(13)71(96)70(74(99)87-62(25-2)76(101)89(18)45-67(95)86-63(41-48(3)4)72(97)88-68(51(9)10)79(104)90(19)64(42-49(5)6)73(98)84-55(15)81(106)109-46-56-35-28-27-29-36-56)94(23)80(105)69(52(11)12)93(22)77(102)65(43-50(7)8)91(20)78(103)66(44-83(16,17)108)92(21)75(100)54(14)85-82(107)110-47-61-59-39-32-30-37-57(59)58-38-31-33-40-60(58)61/h24,26-33,35-40,48-55,61-66,68-71,96,108H,25,34,41-47H2,1-23H3,(H,84,98)(H,85,107)(H,86,95)(H,87,99)(H,88,97)/b26-24+/t53-,54-,55+,62+,63+,64+,65+,66+,68+,69+,70+,71-/m1/s1. The number of hydrogen-bond donors (Lipinski definition) is 7. The summed E-state index contributed by atoms with van der Waals surface area (Å²) in [6.45, 7) is 28.2. The van der Waals surface area contributed by atoms with Gasteiger partial charge in [0.25, 0.3) is 0 Å². The summed E-state index contributed by atoms with van der Waals surface area (Å²) in [4.78, 5) is 180. The average Bonchev–Trinajstić information content (AvgIpc) is 1.71. The first-order chi connectivity index (χ1) is 51.4. The van der Waals surface area contributed by atoms with E-state index in [1.165, 1.54) is 84.7 Å². The van der Waals surface area contributed by atoms with Crippen LogP contribution in [0, 0.1) is 35.5 Å². The largest absolute Gasteiger partial charge is 0.459 e. The minimum Gasteiger partial charge on any atom is -0.459 e. The lowest BCUT2D eigenvalue weighted by molar-refractivity contribution is -0.158. The zero-order chi connectivity index (χ0) is 83.1. The summed E-state index contributed by atoms with van der Waals surface area (Å²) in [5.41, 5.74) is 3.28. The van der Waals surface area contributed by atoms with Gasteiger partial charge in [-0.25, -0.2) is 9.59 Å². The molecule has 3 aromatic carbocycles. The van der Waals surface area contributed by atoms with Crippen LogP contribution in [0.15, 0.2) is 91.0 Å². The van der Waals surface area contributed by atoms with E-state index in [0.717, 1.165) is 42.5 Å². The number of aliphatic hydroxyl groups excluding tert-OH is 1. The lowest BCUT2D eigenvalue weighted by atomic mass is 9.91. The molecule has 0 radical (unpaired) electrons. The molecule has 12 atom stereocenters. The Morgan fingerprint density at radius 2 is 1.02 bits per heavy atom. The Bertz CT molecular complexity index is 3610. The average molecular weight is 1530 g/mol. The predicted octanol–water partition coefficient (Wildman–Crippen LogP) is 7.19. The first kappa shape index (κ1) is 93.1. The summed E-state index contributed by atoms with van der Waals surface area (Å²) in [6, 6.07) is 12.0. The van der Waals surface area contributed by atoms with Gasteiger partial charge in [-0.15, -0.1) is 0 Å². The highest BCUT2D eigenvalue weighted by molar-refractivity contribution is 5.99. The molecule has 7 N–H and O–H groups in total. The maximum atomic E-state index is 15.3. The molecule has 110 heavy (non-hydrogen) atoms. The molecular weight excluding hydrogens is 1410 g/mol. The van der Waals surface area contributed by atoms with Crippen molar-refractivity contribution in [1.82, 2.24) is 56.0 Å². The molecule has 0 saturated carbocycles. The van der Waals surface area contributed by atoms with Crippen molar-refractivity contribution in [3.05, 3.63) is 108 Å². The number of carbonyl (C=O) groups is 12. The van der Waals surface area contributed by atoms with Crippen LogP contribution in [0.4, 0.5) is 4.79 Å². The molecule has 610 valence electrons. The molecule has 0 spiro atoms. The number of fused-ring (bicyclic) bond motifs is 3. The first-order valence-corrected chi connectivity index (χ1v) is 38.5. The van der Waals surface area contributed by atoms with Crippen LogP contribution in [0.25, 0.3) is 11.1 Å². The van der Waals surface area contributed by atoms with Gasteiger partial charge in [-0.3, -0.25) is 47.9 Å². The molecule has 27 heteroatoms. The summed E-state index contributed by atoms with van der Waals surface area (Å²) < 4.78 is 11.2. The van der Waals surface area contributed by atoms with Crippen LogP contribution in [0.5, 0.6) is 0 Å². The number of rotatable bonds is 41. The molecule has 1 aliphatic rings. The van der Waals surface area contributed by atoms with E-state index in [9.17, 15) is 53.4 Å². The van der Waals surface area contributed by atoms with Crippen molar-refractivity contribution in [2.24, 2.45) is 35.5 Å². The van der Waals surface area contributed by atoms with Crippen molar-refractivity contribution in [1.29, 1.82) is 0 Å². The van der Waals surface area contributed by atoms with Gasteiger partial charge < -0.3 is 75.7 Å². The van der Waals surface area contributed by atoms with Gasteiger partial charge >= 0.3 is 12.1 Å². The molecular formula is C83H127N11O16. The summed E-state index contributed by atoms with van der Waals surface area (Å²) >= 11 is 0. The molecule has 27 nitrogen and oxygen atoms in total. The van der Waals surface area contributed by atoms with Gasteiger partial charge in [-0.2, -0.15) is 0 Å². The second kappa shape index (κ2) is 42.8. The number of likely N-dealkylation sites (N-methyl/N-ethyl adjacent to an activating group) is 6. The third-order valence-corrected chi connectivity index (χ3v) is 20.1. The lowest BCUT2D eigenvalue weighted by Gasteiger charge is -2.42. The molecule has 4 rings (SSSR count). The fourth-order valence-corrected chi connectivity index (χ4v) is 13.8. The minimum atomic E-state index is -1.69. The van der Waals surface area contributed by atoms with E-state index in [-0.39, 0.29) is 75.4 Å². The Morgan fingerprint density at radius 3 is 1.54 bits per heavy atom. The zero-order valence-corrected chi connectivity index (χ0v) is 69.2. The normalized spacial score (nSPS) is 15.4. The second-order valence-electron chi connectivity index (χ2n) is 32.1. The number of alkyl carbamates (subject to hydrolysis) is 1. The number of nitrogens with zero attached hydrogens (tertiary/aromatic N) is 6. The first-order valence-electron chi connectivity index (χ1n) is 38.5. The number of hydrogen-bond acceptors (Lipinski definition) is 16. The number of amides is 11. The maximum absolute atomic E-state index is 15.3. The van der Waals surface area contributed by atoms with Crippen LogP contribution in [0.1, 0.15) is 179 Å². The van der Waals surface area contributed by atoms with E-state index in [1.54, 1.807) is 72.8 Å². The van der Waals surface area contributed by atoms with Crippen LogP contribution in [0.2, 0.25) is 0 Å².